The number of nitrogens with two attached hydrogens (primary N) is 1. The van der Waals surface area contributed by atoms with Crippen molar-refractivity contribution in [2.75, 3.05) is 19.8 Å². The van der Waals surface area contributed by atoms with Crippen molar-refractivity contribution in [3.63, 3.8) is 0 Å². The van der Waals surface area contributed by atoms with Gasteiger partial charge in [0.05, 0.1) is 13.2 Å². The first-order valence-corrected chi connectivity index (χ1v) is 22.7. The molecule has 0 aromatic rings. The number of carboxylic acid groups (broad SMARTS) is 1. The average Bonchev–Trinajstić information content (AvgIpc) is 3.22. The number of carboxylic acids is 1. The highest BCUT2D eigenvalue weighted by Gasteiger charge is 2.28. The van der Waals surface area contributed by atoms with Gasteiger partial charge in [0.15, 0.2) is 6.10 Å². The van der Waals surface area contributed by atoms with Gasteiger partial charge < -0.3 is 25.2 Å². The number of carbonyl (C=O) groups is 3. The van der Waals surface area contributed by atoms with Crippen LogP contribution in [0, 0.1) is 0 Å². The minimum absolute atomic E-state index is 0.0577. The van der Waals surface area contributed by atoms with Crippen molar-refractivity contribution < 1.29 is 47.5 Å². The third kappa shape index (κ3) is 40.4. The molecular formula is C48H72NO10P. The first-order valence-electron chi connectivity index (χ1n) is 21.2. The molecule has 0 fully saturated rings. The van der Waals surface area contributed by atoms with E-state index in [1.54, 1.807) is 0 Å². The summed E-state index contributed by atoms with van der Waals surface area (Å²) in [6, 6.07) is -1.55. The number of allylic oxidation sites excluding steroid dienone is 22. The second-order valence-electron chi connectivity index (χ2n) is 13.4. The molecule has 0 aliphatic heterocycles. The number of carbonyl (C=O) groups excluding carboxylic acids is 2. The van der Waals surface area contributed by atoms with E-state index in [4.69, 9.17) is 24.8 Å². The first kappa shape index (κ1) is 55.6. The molecule has 0 bridgehead atoms. The standard InChI is InChI=1S/C48H72NO10P/c1-3-5-7-9-11-13-15-17-19-21-22-24-25-27-29-31-33-35-37-39-46(50)56-41-44(42-57-60(54,55)58-43-45(49)48(52)53)59-47(51)40-38-36-34-32-30-28-26-23-20-18-16-14-12-10-8-6-4-2/h5-8,11-14,17-20,22,24,26-29,32-35,44-45H,3-4,9-10,15-16,21,23,25,30-31,36-43,49H2,1-2H3,(H,52,53)(H,54,55)/b7-5+,8-6+,13-11+,14-12+,19-17+,20-18+,24-22+,28-26+,29-27+,34-32+,35-33+/t44-,45+/m1/s1. The van der Waals surface area contributed by atoms with Gasteiger partial charge in [-0.05, 0) is 89.9 Å². The summed E-state index contributed by atoms with van der Waals surface area (Å²) in [5, 5.41) is 8.89. The van der Waals surface area contributed by atoms with Gasteiger partial charge in [0.25, 0.3) is 0 Å². The Morgan fingerprint density at radius 1 is 0.517 bits per heavy atom. The molecule has 3 atom stereocenters. The Morgan fingerprint density at radius 2 is 0.883 bits per heavy atom. The molecule has 0 spiro atoms. The topological polar surface area (TPSA) is 172 Å². The zero-order chi connectivity index (χ0) is 44.2. The Hall–Kier alpha value is -4.38. The summed E-state index contributed by atoms with van der Waals surface area (Å²) in [5.41, 5.74) is 5.32. The monoisotopic (exact) mass is 853 g/mol. The lowest BCUT2D eigenvalue weighted by Gasteiger charge is -2.20. The number of hydrogen-bond acceptors (Lipinski definition) is 9. The van der Waals surface area contributed by atoms with E-state index in [1.807, 2.05) is 30.4 Å². The summed E-state index contributed by atoms with van der Waals surface area (Å²) in [6.45, 7) is 2.40. The highest BCUT2D eigenvalue weighted by Crippen LogP contribution is 2.43. The van der Waals surface area contributed by atoms with Crippen molar-refractivity contribution in [3.05, 3.63) is 134 Å². The van der Waals surface area contributed by atoms with E-state index in [9.17, 15) is 23.8 Å². The number of phosphoric ester groups is 1. The van der Waals surface area contributed by atoms with Crippen LogP contribution in [0.2, 0.25) is 0 Å². The maximum atomic E-state index is 12.6. The fraction of sp³-hybridized carbons (Fsp3) is 0.479. The van der Waals surface area contributed by atoms with Gasteiger partial charge in [0.1, 0.15) is 12.6 Å². The number of unbranched alkanes of at least 4 members (excludes halogenated alkanes) is 1. The summed E-state index contributed by atoms with van der Waals surface area (Å²) in [4.78, 5) is 45.9. The van der Waals surface area contributed by atoms with Gasteiger partial charge in [-0.15, -0.1) is 0 Å². The van der Waals surface area contributed by atoms with Crippen LogP contribution in [0.25, 0.3) is 0 Å². The normalized spacial score (nSPS) is 15.0. The Bertz CT molecular complexity index is 1520. The molecule has 1 unspecified atom stereocenters. The number of ether oxygens (including phenoxy) is 2. The van der Waals surface area contributed by atoms with Gasteiger partial charge >= 0.3 is 25.7 Å². The van der Waals surface area contributed by atoms with Crippen molar-refractivity contribution in [3.8, 4) is 0 Å². The summed E-state index contributed by atoms with van der Waals surface area (Å²) >= 11 is 0. The summed E-state index contributed by atoms with van der Waals surface area (Å²) in [5.74, 6) is -2.58. The zero-order valence-electron chi connectivity index (χ0n) is 36.0. The largest absolute Gasteiger partial charge is 0.480 e. The number of aliphatic carboxylic acids is 1. The molecule has 0 aromatic heterocycles. The molecule has 0 aromatic carbocycles. The van der Waals surface area contributed by atoms with Crippen LogP contribution < -0.4 is 5.73 Å². The molecule has 0 aliphatic rings. The van der Waals surface area contributed by atoms with Crippen LogP contribution in [0.1, 0.15) is 117 Å². The van der Waals surface area contributed by atoms with Crippen LogP contribution in [-0.4, -0.2) is 59.9 Å². The van der Waals surface area contributed by atoms with Crippen LogP contribution in [0.3, 0.4) is 0 Å². The molecule has 334 valence electrons. The molecule has 12 heteroatoms. The lowest BCUT2D eigenvalue weighted by Crippen LogP contribution is -2.34. The molecule has 0 saturated carbocycles. The van der Waals surface area contributed by atoms with E-state index in [-0.39, 0.29) is 12.8 Å². The van der Waals surface area contributed by atoms with Crippen molar-refractivity contribution in [1.29, 1.82) is 0 Å². The fourth-order valence-electron chi connectivity index (χ4n) is 4.65. The molecule has 0 radical (unpaired) electrons. The van der Waals surface area contributed by atoms with Crippen molar-refractivity contribution in [2.24, 2.45) is 5.73 Å². The lowest BCUT2D eigenvalue weighted by molar-refractivity contribution is -0.161. The van der Waals surface area contributed by atoms with Crippen molar-refractivity contribution in [1.82, 2.24) is 0 Å². The van der Waals surface area contributed by atoms with Crippen molar-refractivity contribution >= 4 is 25.7 Å². The molecule has 60 heavy (non-hydrogen) atoms. The molecule has 0 heterocycles. The summed E-state index contributed by atoms with van der Waals surface area (Å²) in [7, 11) is -4.76. The van der Waals surface area contributed by atoms with E-state index in [2.05, 4.69) is 122 Å². The van der Waals surface area contributed by atoms with Crippen LogP contribution in [0.5, 0.6) is 0 Å². The highest BCUT2D eigenvalue weighted by atomic mass is 31.2. The maximum Gasteiger partial charge on any atom is 0.472 e. The molecule has 0 aliphatic carbocycles. The SMILES string of the molecule is CC/C=C/C/C=C/C/C=C/C/C=C/C/C=C/C/C=C/CCC(=O)OC[C@H](COP(=O)(O)OC[C@H](N)C(=O)O)OC(=O)CCC/C=C/C/C=C/C/C=C/C/C=C/C/C=C/CC. The second-order valence-corrected chi connectivity index (χ2v) is 14.8. The minimum Gasteiger partial charge on any atom is -0.480 e. The average molecular weight is 854 g/mol. The van der Waals surface area contributed by atoms with Crippen LogP contribution in [0.4, 0.5) is 0 Å². The summed E-state index contributed by atoms with van der Waals surface area (Å²) < 4.78 is 32.5. The molecule has 4 N–H and O–H groups in total. The number of rotatable bonds is 37. The molecule has 0 amide bonds. The van der Waals surface area contributed by atoms with Gasteiger partial charge in [0.2, 0.25) is 0 Å². The van der Waals surface area contributed by atoms with Crippen molar-refractivity contribution in [2.45, 2.75) is 129 Å². The summed E-state index contributed by atoms with van der Waals surface area (Å²) in [6.07, 6.45) is 56.8. The number of hydrogen-bond donors (Lipinski definition) is 3. The Morgan fingerprint density at radius 3 is 1.28 bits per heavy atom. The fourth-order valence-corrected chi connectivity index (χ4v) is 5.43. The maximum absolute atomic E-state index is 12.6. The molecular weight excluding hydrogens is 781 g/mol. The third-order valence-electron chi connectivity index (χ3n) is 7.91. The van der Waals surface area contributed by atoms with Gasteiger partial charge in [0, 0.05) is 12.8 Å². The molecule has 0 saturated heterocycles. The van der Waals surface area contributed by atoms with E-state index >= 15 is 0 Å². The smallest absolute Gasteiger partial charge is 0.472 e. The predicted molar refractivity (Wildman–Crippen MR) is 244 cm³/mol. The highest BCUT2D eigenvalue weighted by molar-refractivity contribution is 7.47. The van der Waals surface area contributed by atoms with Gasteiger partial charge in [-0.1, -0.05) is 148 Å². The molecule has 0 rings (SSSR count). The quantitative estimate of drug-likeness (QED) is 0.0235. The van der Waals surface area contributed by atoms with E-state index in [0.29, 0.717) is 19.3 Å². The van der Waals surface area contributed by atoms with E-state index in [1.165, 1.54) is 0 Å². The lowest BCUT2D eigenvalue weighted by atomic mass is 10.2. The van der Waals surface area contributed by atoms with Gasteiger partial charge in [-0.3, -0.25) is 23.4 Å². The Labute approximate surface area is 360 Å². The van der Waals surface area contributed by atoms with E-state index < -0.39 is 57.7 Å². The Balaban J connectivity index is 4.63. The number of phosphoric acid groups is 1. The zero-order valence-corrected chi connectivity index (χ0v) is 36.9. The first-order chi connectivity index (χ1) is 29.1. The molecule has 11 nitrogen and oxygen atoms in total. The van der Waals surface area contributed by atoms with Gasteiger partial charge in [-0.25, -0.2) is 4.57 Å². The van der Waals surface area contributed by atoms with E-state index in [0.717, 1.165) is 70.6 Å². The van der Waals surface area contributed by atoms with Crippen LogP contribution in [0.15, 0.2) is 134 Å². The van der Waals surface area contributed by atoms with Crippen LogP contribution in [-0.2, 0) is 37.5 Å². The number of esters is 2. The second kappa shape index (κ2) is 41.4. The van der Waals surface area contributed by atoms with Crippen LogP contribution >= 0.6 is 7.82 Å². The minimum atomic E-state index is -4.76. The predicted octanol–water partition coefficient (Wildman–Crippen LogP) is 11.4. The third-order valence-corrected chi connectivity index (χ3v) is 8.86. The van der Waals surface area contributed by atoms with Gasteiger partial charge in [-0.2, -0.15) is 0 Å². The Kier molecular flexibility index (Phi) is 38.3.